The van der Waals surface area contributed by atoms with E-state index in [0.717, 1.165) is 5.56 Å². The number of carbonyl (C=O) groups is 1. The Morgan fingerprint density at radius 2 is 2.28 bits per heavy atom. The van der Waals surface area contributed by atoms with Gasteiger partial charge in [-0.15, -0.1) is 0 Å². The minimum Gasteiger partial charge on any atom is -0.394 e. The average molecular weight is 255 g/mol. The fourth-order valence-corrected chi connectivity index (χ4v) is 1.37. The number of carbonyl (C=O) groups excluding carboxylic acids is 1. The van der Waals surface area contributed by atoms with Crippen LogP contribution in [0.2, 0.25) is 0 Å². The third-order valence-corrected chi connectivity index (χ3v) is 2.33. The second-order valence-electron chi connectivity index (χ2n) is 4.14. The molecule has 1 rings (SSSR count). The molecular weight excluding hydrogens is 234 g/mol. The second kappa shape index (κ2) is 7.67. The zero-order chi connectivity index (χ0) is 13.4. The summed E-state index contributed by atoms with van der Waals surface area (Å²) in [5, 5.41) is 18.8. The average Bonchev–Trinajstić information content (AvgIpc) is 2.76. The van der Waals surface area contributed by atoms with Crippen LogP contribution in [0.15, 0.2) is 12.4 Å². The summed E-state index contributed by atoms with van der Waals surface area (Å²) < 4.78 is 1.70. The van der Waals surface area contributed by atoms with Crippen LogP contribution < -0.4 is 10.6 Å². The van der Waals surface area contributed by atoms with Crippen molar-refractivity contribution in [1.29, 1.82) is 0 Å². The predicted octanol–water partition coefficient (Wildman–Crippen LogP) is -0.764. The topological polar surface area (TPSA) is 82.4 Å². The minimum atomic E-state index is -0.0902. The van der Waals surface area contributed by atoms with Crippen molar-refractivity contribution in [3.63, 3.8) is 0 Å². The van der Waals surface area contributed by atoms with Crippen molar-refractivity contribution in [2.24, 2.45) is 0 Å². The quantitative estimate of drug-likeness (QED) is 0.559. The van der Waals surface area contributed by atoms with Crippen molar-refractivity contribution < 1.29 is 9.90 Å². The monoisotopic (exact) mass is 255 g/mol. The van der Waals surface area contributed by atoms with Crippen molar-refractivity contribution in [2.45, 2.75) is 13.1 Å². The minimum absolute atomic E-state index is 0.0884. The standard InChI is InChI=1S/C11H21N5O2/c1-15(2)11(18)13-4-3-12-7-10-8-14-16(9-10)5-6-17/h8-9,12,17H,3-7H2,1-2H3,(H,13,18). The molecule has 0 atom stereocenters. The molecule has 0 radical (unpaired) electrons. The summed E-state index contributed by atoms with van der Waals surface area (Å²) in [6, 6.07) is -0.0902. The van der Waals surface area contributed by atoms with Gasteiger partial charge in [0.2, 0.25) is 0 Å². The van der Waals surface area contributed by atoms with E-state index in [4.69, 9.17) is 5.11 Å². The van der Waals surface area contributed by atoms with E-state index in [1.54, 1.807) is 25.0 Å². The number of nitrogens with zero attached hydrogens (tertiary/aromatic N) is 3. The van der Waals surface area contributed by atoms with Gasteiger partial charge in [-0.25, -0.2) is 4.79 Å². The second-order valence-corrected chi connectivity index (χ2v) is 4.14. The highest BCUT2D eigenvalue weighted by Gasteiger charge is 2.01. The SMILES string of the molecule is CN(C)C(=O)NCCNCc1cnn(CCO)c1. The van der Waals surface area contributed by atoms with E-state index >= 15 is 0 Å². The van der Waals surface area contributed by atoms with Gasteiger partial charge in [0.05, 0.1) is 19.3 Å². The number of rotatable bonds is 7. The highest BCUT2D eigenvalue weighted by atomic mass is 16.3. The van der Waals surface area contributed by atoms with Crippen LogP contribution >= 0.6 is 0 Å². The first-order chi connectivity index (χ1) is 8.63. The smallest absolute Gasteiger partial charge is 0.316 e. The van der Waals surface area contributed by atoms with E-state index in [1.807, 2.05) is 6.20 Å². The van der Waals surface area contributed by atoms with E-state index in [0.29, 0.717) is 26.2 Å². The molecule has 0 aliphatic carbocycles. The van der Waals surface area contributed by atoms with Crippen LogP contribution in [0.5, 0.6) is 0 Å². The molecule has 18 heavy (non-hydrogen) atoms. The Kier molecular flexibility index (Phi) is 6.16. The molecule has 1 heterocycles. The molecule has 0 fully saturated rings. The van der Waals surface area contributed by atoms with Crippen molar-refractivity contribution in [2.75, 3.05) is 33.8 Å². The maximum absolute atomic E-state index is 11.2. The van der Waals surface area contributed by atoms with Gasteiger partial charge in [-0.1, -0.05) is 0 Å². The molecular formula is C11H21N5O2. The Morgan fingerprint density at radius 3 is 2.94 bits per heavy atom. The van der Waals surface area contributed by atoms with Crippen molar-refractivity contribution in [1.82, 2.24) is 25.3 Å². The van der Waals surface area contributed by atoms with Gasteiger partial charge < -0.3 is 20.6 Å². The van der Waals surface area contributed by atoms with Crippen molar-refractivity contribution in [3.8, 4) is 0 Å². The summed E-state index contributed by atoms with van der Waals surface area (Å²) in [5.41, 5.74) is 1.06. The molecule has 1 aromatic rings. The largest absolute Gasteiger partial charge is 0.394 e. The number of aromatic nitrogens is 2. The third kappa shape index (κ3) is 5.15. The molecule has 0 aliphatic heterocycles. The molecule has 0 aromatic carbocycles. The Morgan fingerprint density at radius 1 is 1.50 bits per heavy atom. The fourth-order valence-electron chi connectivity index (χ4n) is 1.37. The fraction of sp³-hybridized carbons (Fsp3) is 0.636. The zero-order valence-electron chi connectivity index (χ0n) is 10.9. The number of aliphatic hydroxyl groups excluding tert-OH is 1. The maximum Gasteiger partial charge on any atom is 0.316 e. The maximum atomic E-state index is 11.2. The summed E-state index contributed by atoms with van der Waals surface area (Å²) in [6.45, 7) is 2.58. The molecule has 2 amide bonds. The molecule has 102 valence electrons. The van der Waals surface area contributed by atoms with Gasteiger partial charge in [-0.2, -0.15) is 5.10 Å². The van der Waals surface area contributed by atoms with Crippen LogP contribution in [0.4, 0.5) is 4.79 Å². The first kappa shape index (κ1) is 14.5. The van der Waals surface area contributed by atoms with E-state index in [-0.39, 0.29) is 12.6 Å². The number of urea groups is 1. The van der Waals surface area contributed by atoms with Gasteiger partial charge in [0, 0.05) is 45.5 Å². The molecule has 7 heteroatoms. The zero-order valence-corrected chi connectivity index (χ0v) is 10.9. The number of hydrogen-bond acceptors (Lipinski definition) is 4. The van der Waals surface area contributed by atoms with Gasteiger partial charge in [-0.3, -0.25) is 4.68 Å². The van der Waals surface area contributed by atoms with E-state index in [2.05, 4.69) is 15.7 Å². The lowest BCUT2D eigenvalue weighted by molar-refractivity contribution is 0.217. The Labute approximate surface area is 107 Å². The molecule has 7 nitrogen and oxygen atoms in total. The lowest BCUT2D eigenvalue weighted by Crippen LogP contribution is -2.38. The van der Waals surface area contributed by atoms with Crippen LogP contribution in [0.3, 0.4) is 0 Å². The molecule has 0 bridgehead atoms. The van der Waals surface area contributed by atoms with Crippen LogP contribution in [0, 0.1) is 0 Å². The van der Waals surface area contributed by atoms with Crippen LogP contribution in [0.25, 0.3) is 0 Å². The summed E-state index contributed by atoms with van der Waals surface area (Å²) in [6.07, 6.45) is 3.66. The highest BCUT2D eigenvalue weighted by molar-refractivity contribution is 5.73. The predicted molar refractivity (Wildman–Crippen MR) is 68.1 cm³/mol. The summed E-state index contributed by atoms with van der Waals surface area (Å²) in [4.78, 5) is 12.7. The third-order valence-electron chi connectivity index (χ3n) is 2.33. The first-order valence-corrected chi connectivity index (χ1v) is 5.91. The van der Waals surface area contributed by atoms with E-state index in [9.17, 15) is 4.79 Å². The molecule has 0 saturated heterocycles. The Hall–Kier alpha value is -1.60. The van der Waals surface area contributed by atoms with Crippen LogP contribution in [-0.4, -0.2) is 59.6 Å². The lowest BCUT2D eigenvalue weighted by Gasteiger charge is -2.11. The summed E-state index contributed by atoms with van der Waals surface area (Å²) >= 11 is 0. The molecule has 0 unspecified atom stereocenters. The number of nitrogens with one attached hydrogen (secondary N) is 2. The summed E-state index contributed by atoms with van der Waals surface area (Å²) in [5.74, 6) is 0. The summed E-state index contributed by atoms with van der Waals surface area (Å²) in [7, 11) is 3.41. The number of aliphatic hydroxyl groups is 1. The molecule has 0 saturated carbocycles. The van der Waals surface area contributed by atoms with E-state index in [1.165, 1.54) is 4.90 Å². The number of hydrogen-bond donors (Lipinski definition) is 3. The van der Waals surface area contributed by atoms with Crippen LogP contribution in [-0.2, 0) is 13.1 Å². The van der Waals surface area contributed by atoms with Crippen molar-refractivity contribution in [3.05, 3.63) is 18.0 Å². The van der Waals surface area contributed by atoms with Gasteiger partial charge in [0.15, 0.2) is 0 Å². The van der Waals surface area contributed by atoms with Gasteiger partial charge in [0.25, 0.3) is 0 Å². The molecule has 1 aromatic heterocycles. The molecule has 3 N–H and O–H groups in total. The van der Waals surface area contributed by atoms with Gasteiger partial charge >= 0.3 is 6.03 Å². The lowest BCUT2D eigenvalue weighted by atomic mass is 10.3. The molecule has 0 spiro atoms. The number of amides is 2. The van der Waals surface area contributed by atoms with Crippen LogP contribution in [0.1, 0.15) is 5.56 Å². The van der Waals surface area contributed by atoms with Crippen molar-refractivity contribution >= 4 is 6.03 Å². The Bertz CT molecular complexity index is 364. The van der Waals surface area contributed by atoms with E-state index < -0.39 is 0 Å². The van der Waals surface area contributed by atoms with Gasteiger partial charge in [0.1, 0.15) is 0 Å². The Balaban J connectivity index is 2.12. The first-order valence-electron chi connectivity index (χ1n) is 5.91. The normalized spacial score (nSPS) is 10.4. The molecule has 0 aliphatic rings. The van der Waals surface area contributed by atoms with Gasteiger partial charge in [-0.05, 0) is 0 Å². The highest BCUT2D eigenvalue weighted by Crippen LogP contribution is 1.96.